The molecule has 3 heterocycles. The van der Waals surface area contributed by atoms with Crippen molar-refractivity contribution in [3.05, 3.63) is 52.0 Å². The average Bonchev–Trinajstić information content (AvgIpc) is 3.36. The van der Waals surface area contributed by atoms with Gasteiger partial charge in [0.25, 0.3) is 0 Å². The van der Waals surface area contributed by atoms with E-state index in [0.717, 1.165) is 53.8 Å². The van der Waals surface area contributed by atoms with Crippen LogP contribution in [-0.4, -0.2) is 37.4 Å². The summed E-state index contributed by atoms with van der Waals surface area (Å²) in [7, 11) is 0. The Morgan fingerprint density at radius 2 is 2.04 bits per heavy atom. The number of rotatable bonds is 5. The summed E-state index contributed by atoms with van der Waals surface area (Å²) in [6.45, 7) is 1.70. The van der Waals surface area contributed by atoms with Crippen molar-refractivity contribution in [3.63, 3.8) is 0 Å². The maximum Gasteiger partial charge on any atom is 0.245 e. The number of aliphatic hydroxyl groups is 1. The molecule has 5 nitrogen and oxygen atoms in total. The summed E-state index contributed by atoms with van der Waals surface area (Å²) < 4.78 is 11.7. The van der Waals surface area contributed by atoms with Gasteiger partial charge in [0.2, 0.25) is 5.91 Å². The molecule has 0 aliphatic carbocycles. The number of benzene rings is 2. The zero-order valence-electron chi connectivity index (χ0n) is 15.5. The second kappa shape index (κ2) is 6.68. The summed E-state index contributed by atoms with van der Waals surface area (Å²) >= 11 is 6.65. The zero-order valence-corrected chi connectivity index (χ0v) is 16.3. The summed E-state index contributed by atoms with van der Waals surface area (Å²) in [4.78, 5) is 15.6. The highest BCUT2D eigenvalue weighted by molar-refractivity contribution is 6.33. The molecule has 6 heteroatoms. The first kappa shape index (κ1) is 17.8. The monoisotopic (exact) mass is 399 g/mol. The molecule has 0 saturated heterocycles. The molecule has 1 atom stereocenters. The molecular weight excluding hydrogens is 378 g/mol. The molecule has 1 amide bonds. The number of carbonyl (C=O) groups is 1. The molecule has 1 spiro atoms. The van der Waals surface area contributed by atoms with Gasteiger partial charge in [-0.2, -0.15) is 0 Å². The van der Waals surface area contributed by atoms with Gasteiger partial charge in [-0.3, -0.25) is 4.79 Å². The normalized spacial score (nSPS) is 21.5. The van der Waals surface area contributed by atoms with Crippen molar-refractivity contribution in [1.82, 2.24) is 0 Å². The standard InChI is InChI=1S/C22H22ClNO4/c23-16-5-4-6-17-20(16)22(21(26)24(17)8-2-1-3-9-25)13-28-19-12-18-14(7-10-27-18)11-15(19)22/h4-6,11-12,25H,1-3,7-10,13H2. The Hall–Kier alpha value is -2.24. The number of halogens is 1. The lowest BCUT2D eigenvalue weighted by Gasteiger charge is -2.23. The maximum atomic E-state index is 13.8. The maximum absolute atomic E-state index is 13.8. The molecule has 3 aliphatic heterocycles. The molecule has 0 aromatic heterocycles. The van der Waals surface area contributed by atoms with Crippen LogP contribution in [0.4, 0.5) is 5.69 Å². The van der Waals surface area contributed by atoms with E-state index in [2.05, 4.69) is 6.07 Å². The molecule has 1 N–H and O–H groups in total. The van der Waals surface area contributed by atoms with E-state index in [4.69, 9.17) is 26.2 Å². The quantitative estimate of drug-likeness (QED) is 0.782. The zero-order chi connectivity index (χ0) is 19.3. The van der Waals surface area contributed by atoms with Crippen molar-refractivity contribution >= 4 is 23.2 Å². The van der Waals surface area contributed by atoms with Crippen LogP contribution in [-0.2, 0) is 16.6 Å². The van der Waals surface area contributed by atoms with Gasteiger partial charge in [0.1, 0.15) is 23.5 Å². The number of carbonyl (C=O) groups excluding carboxylic acids is 1. The molecule has 0 fully saturated rings. The van der Waals surface area contributed by atoms with Gasteiger partial charge in [-0.1, -0.05) is 17.7 Å². The van der Waals surface area contributed by atoms with E-state index >= 15 is 0 Å². The number of hydrogen-bond donors (Lipinski definition) is 1. The Bertz CT molecular complexity index is 960. The van der Waals surface area contributed by atoms with Gasteiger partial charge in [-0.15, -0.1) is 0 Å². The first-order valence-electron chi connectivity index (χ1n) is 9.81. The molecule has 0 saturated carbocycles. The molecule has 0 bridgehead atoms. The van der Waals surface area contributed by atoms with Gasteiger partial charge in [0.05, 0.1) is 6.61 Å². The summed E-state index contributed by atoms with van der Waals surface area (Å²) in [5.41, 5.74) is 2.84. The van der Waals surface area contributed by atoms with Crippen LogP contribution in [0.2, 0.25) is 5.02 Å². The number of aliphatic hydroxyl groups excluding tert-OH is 1. The van der Waals surface area contributed by atoms with Crippen molar-refractivity contribution in [1.29, 1.82) is 0 Å². The highest BCUT2D eigenvalue weighted by Gasteiger charge is 2.58. The van der Waals surface area contributed by atoms with Crippen LogP contribution < -0.4 is 14.4 Å². The summed E-state index contributed by atoms with van der Waals surface area (Å²) in [6.07, 6.45) is 3.29. The van der Waals surface area contributed by atoms with Crippen LogP contribution in [0.15, 0.2) is 30.3 Å². The molecule has 3 aliphatic rings. The third-order valence-corrected chi connectivity index (χ3v) is 6.37. The van der Waals surface area contributed by atoms with Crippen LogP contribution in [0.25, 0.3) is 0 Å². The number of anilines is 1. The number of unbranched alkanes of at least 4 members (excludes halogenated alkanes) is 2. The third-order valence-electron chi connectivity index (χ3n) is 6.05. The fraction of sp³-hybridized carbons (Fsp3) is 0.409. The Kier molecular flexibility index (Phi) is 4.25. The van der Waals surface area contributed by atoms with E-state index in [1.807, 2.05) is 29.2 Å². The summed E-state index contributed by atoms with van der Waals surface area (Å²) in [5, 5.41) is 9.63. The molecular formula is C22H22ClNO4. The number of nitrogens with zero attached hydrogens (tertiary/aromatic N) is 1. The predicted molar refractivity (Wildman–Crippen MR) is 107 cm³/mol. The highest BCUT2D eigenvalue weighted by atomic mass is 35.5. The van der Waals surface area contributed by atoms with Crippen molar-refractivity contribution in [3.8, 4) is 11.5 Å². The molecule has 0 radical (unpaired) electrons. The Morgan fingerprint density at radius 3 is 2.89 bits per heavy atom. The Balaban J connectivity index is 1.61. The molecule has 1 unspecified atom stereocenters. The van der Waals surface area contributed by atoms with Crippen LogP contribution in [0.3, 0.4) is 0 Å². The van der Waals surface area contributed by atoms with E-state index in [1.165, 1.54) is 0 Å². The van der Waals surface area contributed by atoms with Crippen molar-refractivity contribution < 1.29 is 19.4 Å². The molecule has 28 heavy (non-hydrogen) atoms. The van der Waals surface area contributed by atoms with Crippen molar-refractivity contribution in [2.75, 3.05) is 31.3 Å². The number of ether oxygens (including phenoxy) is 2. The average molecular weight is 400 g/mol. The van der Waals surface area contributed by atoms with Gasteiger partial charge >= 0.3 is 0 Å². The van der Waals surface area contributed by atoms with Crippen LogP contribution >= 0.6 is 11.6 Å². The topological polar surface area (TPSA) is 59.0 Å². The summed E-state index contributed by atoms with van der Waals surface area (Å²) in [5.74, 6) is 1.58. The highest BCUT2D eigenvalue weighted by Crippen LogP contribution is 2.55. The summed E-state index contributed by atoms with van der Waals surface area (Å²) in [6, 6.07) is 9.69. The Morgan fingerprint density at radius 1 is 1.14 bits per heavy atom. The third kappa shape index (κ3) is 2.39. The fourth-order valence-corrected chi connectivity index (χ4v) is 5.03. The first-order chi connectivity index (χ1) is 13.7. The Labute approximate surface area is 168 Å². The lowest BCUT2D eigenvalue weighted by molar-refractivity contribution is -0.122. The van der Waals surface area contributed by atoms with Gasteiger partial charge < -0.3 is 19.5 Å². The second-order valence-corrected chi connectivity index (χ2v) is 8.03. The molecule has 5 rings (SSSR count). The first-order valence-corrected chi connectivity index (χ1v) is 10.2. The van der Waals surface area contributed by atoms with Gasteiger partial charge in [0, 0.05) is 47.5 Å². The van der Waals surface area contributed by atoms with E-state index in [-0.39, 0.29) is 19.1 Å². The van der Waals surface area contributed by atoms with Gasteiger partial charge in [0.15, 0.2) is 0 Å². The van der Waals surface area contributed by atoms with Crippen LogP contribution in [0.5, 0.6) is 11.5 Å². The lowest BCUT2D eigenvalue weighted by Crippen LogP contribution is -2.43. The SMILES string of the molecule is O=C1N(CCCCCO)c2cccc(Cl)c2C12COc1cc3c(cc12)CCO3. The van der Waals surface area contributed by atoms with Crippen molar-refractivity contribution in [2.24, 2.45) is 0 Å². The number of fused-ring (bicyclic) bond motifs is 5. The fourth-order valence-electron chi connectivity index (χ4n) is 4.69. The van der Waals surface area contributed by atoms with Crippen molar-refractivity contribution in [2.45, 2.75) is 31.1 Å². The largest absolute Gasteiger partial charge is 0.493 e. The molecule has 2 aromatic rings. The predicted octanol–water partition coefficient (Wildman–Crippen LogP) is 3.46. The van der Waals surface area contributed by atoms with E-state index < -0.39 is 5.41 Å². The minimum absolute atomic E-state index is 0.0252. The van der Waals surface area contributed by atoms with Crippen LogP contribution in [0.1, 0.15) is 36.0 Å². The van der Waals surface area contributed by atoms with E-state index in [0.29, 0.717) is 23.9 Å². The minimum Gasteiger partial charge on any atom is -0.493 e. The molecule has 146 valence electrons. The van der Waals surface area contributed by atoms with Crippen LogP contribution in [0, 0.1) is 0 Å². The minimum atomic E-state index is -0.891. The molecule has 2 aromatic carbocycles. The smallest absolute Gasteiger partial charge is 0.245 e. The second-order valence-electron chi connectivity index (χ2n) is 7.62. The van der Waals surface area contributed by atoms with Gasteiger partial charge in [-0.25, -0.2) is 0 Å². The lowest BCUT2D eigenvalue weighted by atomic mass is 9.76. The van der Waals surface area contributed by atoms with E-state index in [9.17, 15) is 4.79 Å². The van der Waals surface area contributed by atoms with E-state index in [1.54, 1.807) is 0 Å². The van der Waals surface area contributed by atoms with Gasteiger partial charge in [-0.05, 0) is 43.0 Å². The number of amides is 1. The number of hydrogen-bond acceptors (Lipinski definition) is 4.